The molecule has 3 atom stereocenters. The smallest absolute Gasteiger partial charge is 0.220 e. The lowest BCUT2D eigenvalue weighted by Gasteiger charge is -2.24. The summed E-state index contributed by atoms with van der Waals surface area (Å²) in [6.07, 6.45) is 6.96. The normalized spacial score (nSPS) is 23.4. The molecule has 0 spiro atoms. The van der Waals surface area contributed by atoms with Gasteiger partial charge in [0.15, 0.2) is 0 Å². The number of thioether (sulfide) groups is 1. The Kier molecular flexibility index (Phi) is 7.70. The van der Waals surface area contributed by atoms with E-state index in [-0.39, 0.29) is 29.9 Å². The Labute approximate surface area is 114 Å². The van der Waals surface area contributed by atoms with Crippen molar-refractivity contribution in [1.82, 2.24) is 5.32 Å². The van der Waals surface area contributed by atoms with Gasteiger partial charge in [0, 0.05) is 24.3 Å². The third kappa shape index (κ3) is 5.59. The summed E-state index contributed by atoms with van der Waals surface area (Å²) < 4.78 is 5.60. The number of aliphatic hydroxyl groups excluding tert-OH is 1. The fourth-order valence-corrected chi connectivity index (χ4v) is 2.81. The van der Waals surface area contributed by atoms with E-state index in [1.54, 1.807) is 11.8 Å². The highest BCUT2D eigenvalue weighted by molar-refractivity contribution is 7.99. The van der Waals surface area contributed by atoms with Gasteiger partial charge < -0.3 is 15.2 Å². The molecular formula is C13H25NO3S. The SMILES string of the molecule is CSC(CO)C(C)NC(=O)CCC1CCCCO1. The van der Waals surface area contributed by atoms with Crippen LogP contribution in [0.3, 0.4) is 0 Å². The highest BCUT2D eigenvalue weighted by atomic mass is 32.2. The second-order valence-electron chi connectivity index (χ2n) is 4.84. The summed E-state index contributed by atoms with van der Waals surface area (Å²) in [5.74, 6) is 0.0594. The predicted molar refractivity (Wildman–Crippen MR) is 74.8 cm³/mol. The van der Waals surface area contributed by atoms with Crippen LogP contribution in [0.1, 0.15) is 39.0 Å². The van der Waals surface area contributed by atoms with Crippen LogP contribution in [0.5, 0.6) is 0 Å². The fraction of sp³-hybridized carbons (Fsp3) is 0.923. The minimum absolute atomic E-state index is 0.00442. The molecule has 0 aromatic rings. The largest absolute Gasteiger partial charge is 0.395 e. The van der Waals surface area contributed by atoms with E-state index in [0.717, 1.165) is 25.9 Å². The summed E-state index contributed by atoms with van der Waals surface area (Å²) in [6.45, 7) is 2.86. The maximum atomic E-state index is 11.8. The van der Waals surface area contributed by atoms with Gasteiger partial charge in [-0.1, -0.05) is 0 Å². The van der Waals surface area contributed by atoms with Gasteiger partial charge in [-0.15, -0.1) is 0 Å². The third-order valence-corrected chi connectivity index (χ3v) is 4.56. The van der Waals surface area contributed by atoms with Gasteiger partial charge >= 0.3 is 0 Å². The summed E-state index contributed by atoms with van der Waals surface area (Å²) >= 11 is 1.58. The summed E-state index contributed by atoms with van der Waals surface area (Å²) in [4.78, 5) is 11.8. The van der Waals surface area contributed by atoms with Crippen LogP contribution in [0.15, 0.2) is 0 Å². The first-order valence-electron chi connectivity index (χ1n) is 6.72. The lowest BCUT2D eigenvalue weighted by molar-refractivity contribution is -0.122. The Morgan fingerprint density at radius 3 is 2.89 bits per heavy atom. The molecular weight excluding hydrogens is 250 g/mol. The number of hydrogen-bond donors (Lipinski definition) is 2. The minimum Gasteiger partial charge on any atom is -0.395 e. The lowest BCUT2D eigenvalue weighted by atomic mass is 10.0. The van der Waals surface area contributed by atoms with Crippen LogP contribution in [0.4, 0.5) is 0 Å². The van der Waals surface area contributed by atoms with Crippen molar-refractivity contribution in [2.75, 3.05) is 19.5 Å². The number of ether oxygens (including phenoxy) is 1. The molecule has 1 heterocycles. The average Bonchev–Trinajstić information content (AvgIpc) is 2.39. The Morgan fingerprint density at radius 1 is 1.56 bits per heavy atom. The maximum absolute atomic E-state index is 11.8. The molecule has 0 radical (unpaired) electrons. The molecule has 0 aromatic carbocycles. The van der Waals surface area contributed by atoms with Crippen molar-refractivity contribution in [3.05, 3.63) is 0 Å². The van der Waals surface area contributed by atoms with E-state index in [1.165, 1.54) is 6.42 Å². The van der Waals surface area contributed by atoms with Crippen molar-refractivity contribution in [3.8, 4) is 0 Å². The topological polar surface area (TPSA) is 58.6 Å². The number of rotatable bonds is 7. The van der Waals surface area contributed by atoms with Crippen LogP contribution in [0, 0.1) is 0 Å². The molecule has 1 saturated heterocycles. The third-order valence-electron chi connectivity index (χ3n) is 3.40. The van der Waals surface area contributed by atoms with Gasteiger partial charge in [0.25, 0.3) is 0 Å². The molecule has 1 rings (SSSR count). The van der Waals surface area contributed by atoms with E-state index in [1.807, 2.05) is 13.2 Å². The number of amides is 1. The zero-order valence-corrected chi connectivity index (χ0v) is 12.2. The molecule has 1 aliphatic heterocycles. The molecule has 0 bridgehead atoms. The average molecular weight is 275 g/mol. The van der Waals surface area contributed by atoms with Gasteiger partial charge in [-0.2, -0.15) is 11.8 Å². The number of carbonyl (C=O) groups excluding carboxylic acids is 1. The van der Waals surface area contributed by atoms with Gasteiger partial charge in [0.05, 0.1) is 12.7 Å². The van der Waals surface area contributed by atoms with Crippen LogP contribution in [-0.2, 0) is 9.53 Å². The molecule has 3 unspecified atom stereocenters. The minimum atomic E-state index is 0.00442. The van der Waals surface area contributed by atoms with Crippen molar-refractivity contribution in [2.24, 2.45) is 0 Å². The quantitative estimate of drug-likeness (QED) is 0.740. The molecule has 18 heavy (non-hydrogen) atoms. The molecule has 0 saturated carbocycles. The molecule has 4 nitrogen and oxygen atoms in total. The van der Waals surface area contributed by atoms with Crippen molar-refractivity contribution in [1.29, 1.82) is 0 Å². The first kappa shape index (κ1) is 15.8. The molecule has 106 valence electrons. The van der Waals surface area contributed by atoms with Crippen LogP contribution >= 0.6 is 11.8 Å². The monoisotopic (exact) mass is 275 g/mol. The van der Waals surface area contributed by atoms with Crippen LogP contribution in [0.2, 0.25) is 0 Å². The van der Waals surface area contributed by atoms with Gasteiger partial charge in [0.2, 0.25) is 5.91 Å². The Bertz CT molecular complexity index is 240. The van der Waals surface area contributed by atoms with E-state index in [4.69, 9.17) is 9.84 Å². The Morgan fingerprint density at radius 2 is 2.33 bits per heavy atom. The molecule has 5 heteroatoms. The second-order valence-corrected chi connectivity index (χ2v) is 5.92. The Hall–Kier alpha value is -0.260. The van der Waals surface area contributed by atoms with E-state index in [0.29, 0.717) is 6.42 Å². The van der Waals surface area contributed by atoms with Gasteiger partial charge in [-0.05, 0) is 38.9 Å². The summed E-state index contributed by atoms with van der Waals surface area (Å²) in [6, 6.07) is 0.00442. The van der Waals surface area contributed by atoms with E-state index in [9.17, 15) is 4.79 Å². The summed E-state index contributed by atoms with van der Waals surface area (Å²) in [5.41, 5.74) is 0. The van der Waals surface area contributed by atoms with E-state index in [2.05, 4.69) is 5.32 Å². The maximum Gasteiger partial charge on any atom is 0.220 e. The number of aliphatic hydroxyl groups is 1. The second kappa shape index (κ2) is 8.77. The van der Waals surface area contributed by atoms with Crippen LogP contribution < -0.4 is 5.32 Å². The summed E-state index contributed by atoms with van der Waals surface area (Å²) in [7, 11) is 0. The number of nitrogens with one attached hydrogen (secondary N) is 1. The van der Waals surface area contributed by atoms with E-state index < -0.39 is 0 Å². The highest BCUT2D eigenvalue weighted by Crippen LogP contribution is 2.17. The molecule has 0 aliphatic carbocycles. The van der Waals surface area contributed by atoms with Gasteiger partial charge in [-0.25, -0.2) is 0 Å². The molecule has 1 fully saturated rings. The van der Waals surface area contributed by atoms with Gasteiger partial charge in [-0.3, -0.25) is 4.79 Å². The Balaban J connectivity index is 2.19. The molecule has 1 amide bonds. The lowest BCUT2D eigenvalue weighted by Crippen LogP contribution is -2.41. The molecule has 2 N–H and O–H groups in total. The zero-order valence-electron chi connectivity index (χ0n) is 11.4. The standard InChI is InChI=1S/C13H25NO3S/c1-10(12(9-15)18-2)14-13(16)7-6-11-5-3-4-8-17-11/h10-12,15H,3-9H2,1-2H3,(H,14,16). The number of hydrogen-bond acceptors (Lipinski definition) is 4. The van der Waals surface area contributed by atoms with E-state index >= 15 is 0 Å². The predicted octanol–water partition coefficient (Wildman–Crippen LogP) is 1.56. The van der Waals surface area contributed by atoms with Crippen LogP contribution in [0.25, 0.3) is 0 Å². The molecule has 1 aliphatic rings. The van der Waals surface area contributed by atoms with Crippen LogP contribution in [-0.4, -0.2) is 47.9 Å². The summed E-state index contributed by atoms with van der Waals surface area (Å²) in [5, 5.41) is 12.2. The highest BCUT2D eigenvalue weighted by Gasteiger charge is 2.19. The number of carbonyl (C=O) groups is 1. The van der Waals surface area contributed by atoms with Crippen molar-refractivity contribution >= 4 is 17.7 Å². The first-order valence-corrected chi connectivity index (χ1v) is 8.00. The van der Waals surface area contributed by atoms with Crippen molar-refractivity contribution in [2.45, 2.75) is 56.4 Å². The van der Waals surface area contributed by atoms with Crippen molar-refractivity contribution in [3.63, 3.8) is 0 Å². The van der Waals surface area contributed by atoms with Crippen molar-refractivity contribution < 1.29 is 14.6 Å². The molecule has 0 aromatic heterocycles. The fourth-order valence-electron chi connectivity index (χ4n) is 2.18. The zero-order chi connectivity index (χ0) is 13.4. The van der Waals surface area contributed by atoms with Gasteiger partial charge in [0.1, 0.15) is 0 Å². The first-order chi connectivity index (χ1) is 8.67.